The third-order valence-electron chi connectivity index (χ3n) is 2.39. The number of hydrogen-bond acceptors (Lipinski definition) is 3. The van der Waals surface area contributed by atoms with E-state index in [9.17, 15) is 18.0 Å². The molecule has 102 valence electrons. The lowest BCUT2D eigenvalue weighted by Crippen LogP contribution is -2.57. The van der Waals surface area contributed by atoms with E-state index >= 15 is 0 Å². The van der Waals surface area contributed by atoms with Crippen LogP contribution in [0.4, 0.5) is 13.2 Å². The Morgan fingerprint density at radius 1 is 1.47 bits per heavy atom. The number of primary amides is 1. The van der Waals surface area contributed by atoms with E-state index in [4.69, 9.17) is 5.73 Å². The lowest BCUT2D eigenvalue weighted by Gasteiger charge is -2.29. The smallest absolute Gasteiger partial charge is 0.368 e. The average molecular weight is 256 g/mol. The van der Waals surface area contributed by atoms with Crippen molar-refractivity contribution in [2.24, 2.45) is 5.73 Å². The van der Waals surface area contributed by atoms with Crippen molar-refractivity contribution in [1.82, 2.24) is 5.32 Å². The van der Waals surface area contributed by atoms with Gasteiger partial charge < -0.3 is 15.8 Å². The third-order valence-corrected chi connectivity index (χ3v) is 2.39. The van der Waals surface area contributed by atoms with Crippen LogP contribution in [0.25, 0.3) is 0 Å². The van der Waals surface area contributed by atoms with Gasteiger partial charge in [-0.05, 0) is 26.8 Å². The highest BCUT2D eigenvalue weighted by atomic mass is 19.4. The number of carbonyl (C=O) groups is 1. The molecule has 0 aromatic heterocycles. The molecule has 1 amide bonds. The molecule has 4 nitrogen and oxygen atoms in total. The van der Waals surface area contributed by atoms with Crippen molar-refractivity contribution >= 4 is 5.91 Å². The molecule has 17 heavy (non-hydrogen) atoms. The second-order valence-corrected chi connectivity index (χ2v) is 4.12. The van der Waals surface area contributed by atoms with Gasteiger partial charge in [0, 0.05) is 0 Å². The van der Waals surface area contributed by atoms with Gasteiger partial charge in [-0.2, -0.15) is 13.2 Å². The maximum absolute atomic E-state index is 12.2. The first-order valence-electron chi connectivity index (χ1n) is 5.36. The van der Waals surface area contributed by atoms with E-state index in [1.54, 1.807) is 0 Å². The van der Waals surface area contributed by atoms with Gasteiger partial charge >= 0.3 is 6.18 Å². The van der Waals surface area contributed by atoms with Crippen LogP contribution in [0.5, 0.6) is 0 Å². The van der Waals surface area contributed by atoms with E-state index in [1.165, 1.54) is 6.92 Å². The molecule has 2 atom stereocenters. The van der Waals surface area contributed by atoms with Gasteiger partial charge in [0.05, 0.1) is 6.61 Å². The molecule has 0 fully saturated rings. The second kappa shape index (κ2) is 6.20. The molecule has 0 saturated heterocycles. The summed E-state index contributed by atoms with van der Waals surface area (Å²) >= 11 is 0. The van der Waals surface area contributed by atoms with Gasteiger partial charge in [-0.25, -0.2) is 0 Å². The van der Waals surface area contributed by atoms with Crippen LogP contribution < -0.4 is 11.1 Å². The van der Waals surface area contributed by atoms with E-state index in [0.29, 0.717) is 6.54 Å². The van der Waals surface area contributed by atoms with Crippen LogP contribution in [-0.4, -0.2) is 36.9 Å². The average Bonchev–Trinajstić information content (AvgIpc) is 2.21. The molecule has 0 radical (unpaired) electrons. The molecule has 0 heterocycles. The summed E-state index contributed by atoms with van der Waals surface area (Å²) in [5, 5.41) is 2.79. The number of rotatable bonds is 7. The van der Waals surface area contributed by atoms with Gasteiger partial charge in [-0.3, -0.25) is 4.79 Å². The lowest BCUT2D eigenvalue weighted by atomic mass is 10.0. The first kappa shape index (κ1) is 16.2. The summed E-state index contributed by atoms with van der Waals surface area (Å²) < 4.78 is 41.3. The van der Waals surface area contributed by atoms with E-state index in [-0.39, 0.29) is 0 Å². The number of nitrogens with two attached hydrogens (primary N) is 1. The molecule has 0 aliphatic rings. The maximum Gasteiger partial charge on any atom is 0.414 e. The summed E-state index contributed by atoms with van der Waals surface area (Å²) in [6.45, 7) is 4.25. The standard InChI is InChI=1S/C10H19F3N2O2/c1-4-5-15-9(3,8(14)16)6-17-7(2)10(11,12)13/h7,15H,4-6H2,1-3H3,(H2,14,16). The highest BCUT2D eigenvalue weighted by molar-refractivity contribution is 5.84. The van der Waals surface area contributed by atoms with Crippen molar-refractivity contribution in [2.75, 3.05) is 13.2 Å². The van der Waals surface area contributed by atoms with Gasteiger partial charge in [-0.15, -0.1) is 0 Å². The molecule has 0 aromatic rings. The zero-order valence-corrected chi connectivity index (χ0v) is 10.2. The summed E-state index contributed by atoms with van der Waals surface area (Å²) in [6, 6.07) is 0. The molecule has 3 N–H and O–H groups in total. The fourth-order valence-corrected chi connectivity index (χ4v) is 0.996. The van der Waals surface area contributed by atoms with Crippen molar-refractivity contribution in [2.45, 2.75) is 45.0 Å². The quantitative estimate of drug-likeness (QED) is 0.719. The molecule has 2 unspecified atom stereocenters. The van der Waals surface area contributed by atoms with Crippen LogP contribution >= 0.6 is 0 Å². The highest BCUT2D eigenvalue weighted by Gasteiger charge is 2.39. The van der Waals surface area contributed by atoms with Crippen molar-refractivity contribution in [3.8, 4) is 0 Å². The van der Waals surface area contributed by atoms with Gasteiger partial charge in [0.2, 0.25) is 5.91 Å². The van der Waals surface area contributed by atoms with Gasteiger partial charge in [0.1, 0.15) is 5.54 Å². The highest BCUT2D eigenvalue weighted by Crippen LogP contribution is 2.23. The Morgan fingerprint density at radius 2 is 2.00 bits per heavy atom. The zero-order valence-electron chi connectivity index (χ0n) is 10.2. The minimum Gasteiger partial charge on any atom is -0.368 e. The molecule has 0 aliphatic heterocycles. The summed E-state index contributed by atoms with van der Waals surface area (Å²) in [5.41, 5.74) is 3.86. The van der Waals surface area contributed by atoms with Crippen LogP contribution in [0, 0.1) is 0 Å². The summed E-state index contributed by atoms with van der Waals surface area (Å²) in [5.74, 6) is -0.736. The normalized spacial score (nSPS) is 17.5. The minimum atomic E-state index is -4.44. The number of amides is 1. The predicted octanol–water partition coefficient (Wildman–Crippen LogP) is 1.20. The predicted molar refractivity (Wildman–Crippen MR) is 57.4 cm³/mol. The Hall–Kier alpha value is -0.820. The Balaban J connectivity index is 4.42. The molecule has 7 heteroatoms. The fourth-order valence-electron chi connectivity index (χ4n) is 0.996. The summed E-state index contributed by atoms with van der Waals surface area (Å²) in [7, 11) is 0. The molecule has 0 aliphatic carbocycles. The molecule has 0 saturated carbocycles. The van der Waals surface area contributed by atoms with E-state index in [2.05, 4.69) is 10.1 Å². The lowest BCUT2D eigenvalue weighted by molar-refractivity contribution is -0.218. The number of halogens is 3. The summed E-state index contributed by atoms with van der Waals surface area (Å²) in [6.07, 6.45) is -5.63. The van der Waals surface area contributed by atoms with Crippen molar-refractivity contribution in [1.29, 1.82) is 0 Å². The monoisotopic (exact) mass is 256 g/mol. The Morgan fingerprint density at radius 3 is 2.35 bits per heavy atom. The van der Waals surface area contributed by atoms with E-state index < -0.39 is 30.3 Å². The van der Waals surface area contributed by atoms with E-state index in [1.807, 2.05) is 6.92 Å². The number of ether oxygens (including phenoxy) is 1. The first-order valence-corrected chi connectivity index (χ1v) is 5.36. The molecule has 0 rings (SSSR count). The number of alkyl halides is 3. The minimum absolute atomic E-state index is 0.414. The van der Waals surface area contributed by atoms with Crippen molar-refractivity contribution in [3.63, 3.8) is 0 Å². The van der Waals surface area contributed by atoms with E-state index in [0.717, 1.165) is 13.3 Å². The molecule has 0 spiro atoms. The van der Waals surface area contributed by atoms with Crippen LogP contribution in [0.1, 0.15) is 27.2 Å². The molecule has 0 bridgehead atoms. The molecule has 0 aromatic carbocycles. The Bertz CT molecular complexity index is 258. The maximum atomic E-state index is 12.2. The number of carbonyl (C=O) groups excluding carboxylic acids is 1. The summed E-state index contributed by atoms with van der Waals surface area (Å²) in [4.78, 5) is 11.2. The van der Waals surface area contributed by atoms with Crippen LogP contribution in [0.15, 0.2) is 0 Å². The van der Waals surface area contributed by atoms with Crippen molar-refractivity contribution in [3.05, 3.63) is 0 Å². The van der Waals surface area contributed by atoms with Crippen LogP contribution in [0.2, 0.25) is 0 Å². The SMILES string of the molecule is CCCNC(C)(COC(C)C(F)(F)F)C(N)=O. The Labute approximate surface area is 98.7 Å². The molecular weight excluding hydrogens is 237 g/mol. The van der Waals surface area contributed by atoms with Crippen molar-refractivity contribution < 1.29 is 22.7 Å². The zero-order chi connectivity index (χ0) is 13.7. The van der Waals surface area contributed by atoms with Gasteiger partial charge in [0.25, 0.3) is 0 Å². The topological polar surface area (TPSA) is 64.3 Å². The Kier molecular flexibility index (Phi) is 5.91. The van der Waals surface area contributed by atoms with Gasteiger partial charge in [-0.1, -0.05) is 6.92 Å². The largest absolute Gasteiger partial charge is 0.414 e. The fraction of sp³-hybridized carbons (Fsp3) is 0.900. The number of nitrogens with one attached hydrogen (secondary N) is 1. The van der Waals surface area contributed by atoms with Crippen LogP contribution in [0.3, 0.4) is 0 Å². The third kappa shape index (κ3) is 5.36. The van der Waals surface area contributed by atoms with Gasteiger partial charge in [0.15, 0.2) is 6.10 Å². The van der Waals surface area contributed by atoms with Crippen LogP contribution in [-0.2, 0) is 9.53 Å². The second-order valence-electron chi connectivity index (χ2n) is 4.12. The molecular formula is C10H19F3N2O2. The first-order chi connectivity index (χ1) is 7.63. The number of hydrogen-bond donors (Lipinski definition) is 2.